The molecule has 0 saturated carbocycles. The molecule has 0 radical (unpaired) electrons. The van der Waals surface area contributed by atoms with Gasteiger partial charge >= 0.3 is 11.8 Å². The van der Waals surface area contributed by atoms with Crippen LogP contribution in [0.2, 0.25) is 0 Å². The molecular formula is C10H12FNO3. The zero-order valence-electron chi connectivity index (χ0n) is 8.24. The van der Waals surface area contributed by atoms with E-state index in [-0.39, 0.29) is 0 Å². The molecule has 0 amide bonds. The molecule has 1 rings (SSSR count). The summed E-state index contributed by atoms with van der Waals surface area (Å²) < 4.78 is 18.3. The van der Waals surface area contributed by atoms with E-state index in [1.54, 1.807) is 30.3 Å². The maximum absolute atomic E-state index is 13.8. The third kappa shape index (κ3) is 2.92. The number of aliphatic carboxylic acids is 1. The lowest BCUT2D eigenvalue weighted by molar-refractivity contribution is -0.152. The number of para-hydroxylation sites is 1. The fourth-order valence-corrected chi connectivity index (χ4v) is 1.10. The van der Waals surface area contributed by atoms with Crippen LogP contribution in [0.1, 0.15) is 0 Å². The minimum Gasteiger partial charge on any atom is -0.477 e. The molecule has 5 heteroatoms. The highest BCUT2D eigenvalue weighted by molar-refractivity contribution is 5.80. The number of methoxy groups -OCH3 is 1. The van der Waals surface area contributed by atoms with E-state index >= 15 is 0 Å². The van der Waals surface area contributed by atoms with Gasteiger partial charge in [-0.15, -0.1) is 0 Å². The number of rotatable bonds is 5. The molecule has 4 nitrogen and oxygen atoms in total. The number of alkyl halides is 1. The highest BCUT2D eigenvalue weighted by Crippen LogP contribution is 2.17. The summed E-state index contributed by atoms with van der Waals surface area (Å²) in [6, 6.07) is 8.26. The van der Waals surface area contributed by atoms with Crippen molar-refractivity contribution in [3.8, 4) is 0 Å². The normalized spacial score (nSPS) is 14.3. The molecule has 0 bridgehead atoms. The Morgan fingerprint density at radius 1 is 1.53 bits per heavy atom. The number of carbonyl (C=O) groups is 1. The van der Waals surface area contributed by atoms with Gasteiger partial charge in [0.2, 0.25) is 0 Å². The topological polar surface area (TPSA) is 58.6 Å². The average molecular weight is 213 g/mol. The van der Waals surface area contributed by atoms with Gasteiger partial charge in [0.05, 0.1) is 0 Å². The van der Waals surface area contributed by atoms with Crippen LogP contribution in [0, 0.1) is 0 Å². The lowest BCUT2D eigenvalue weighted by Crippen LogP contribution is -2.46. The van der Waals surface area contributed by atoms with E-state index in [2.05, 4.69) is 10.1 Å². The van der Waals surface area contributed by atoms with Gasteiger partial charge in [0.15, 0.2) is 0 Å². The first-order valence-electron chi connectivity index (χ1n) is 4.33. The van der Waals surface area contributed by atoms with Gasteiger partial charge in [-0.25, -0.2) is 9.18 Å². The van der Waals surface area contributed by atoms with E-state index < -0.39 is 18.4 Å². The van der Waals surface area contributed by atoms with Crippen LogP contribution in [-0.4, -0.2) is 30.6 Å². The second kappa shape index (κ2) is 4.75. The maximum atomic E-state index is 13.8. The lowest BCUT2D eigenvalue weighted by atomic mass is 10.2. The van der Waals surface area contributed by atoms with Crippen molar-refractivity contribution >= 4 is 11.7 Å². The van der Waals surface area contributed by atoms with E-state index in [0.717, 1.165) is 0 Å². The number of benzene rings is 1. The summed E-state index contributed by atoms with van der Waals surface area (Å²) in [5, 5.41) is 11.0. The molecule has 0 aliphatic rings. The monoisotopic (exact) mass is 213 g/mol. The molecule has 0 fully saturated rings. The van der Waals surface area contributed by atoms with Gasteiger partial charge in [0, 0.05) is 12.8 Å². The molecule has 0 saturated heterocycles. The molecule has 1 aromatic rings. The Morgan fingerprint density at radius 3 is 2.60 bits per heavy atom. The third-order valence-electron chi connectivity index (χ3n) is 1.80. The number of halogens is 1. The molecule has 0 heterocycles. The molecule has 1 atom stereocenters. The molecule has 0 unspecified atom stereocenters. The number of ether oxygens (including phenoxy) is 1. The summed E-state index contributed by atoms with van der Waals surface area (Å²) >= 11 is 0. The Kier molecular flexibility index (Phi) is 3.62. The van der Waals surface area contributed by atoms with Gasteiger partial charge in [-0.2, -0.15) is 0 Å². The number of carboxylic acids is 1. The molecule has 0 aliphatic heterocycles. The van der Waals surface area contributed by atoms with E-state index in [9.17, 15) is 9.18 Å². The highest BCUT2D eigenvalue weighted by Gasteiger charge is 2.38. The van der Waals surface area contributed by atoms with E-state index in [1.807, 2.05) is 0 Å². The predicted molar refractivity (Wildman–Crippen MR) is 53.4 cm³/mol. The molecule has 0 aliphatic carbocycles. The predicted octanol–water partition coefficient (Wildman–Crippen LogP) is 1.50. The maximum Gasteiger partial charge on any atom is 0.365 e. The first kappa shape index (κ1) is 11.5. The van der Waals surface area contributed by atoms with Crippen LogP contribution in [0.4, 0.5) is 10.1 Å². The van der Waals surface area contributed by atoms with Crippen LogP contribution in [0.3, 0.4) is 0 Å². The SMILES string of the molecule is COC[C@](F)(Nc1ccccc1)C(=O)O. The summed E-state index contributed by atoms with van der Waals surface area (Å²) in [6.07, 6.45) is 0. The number of hydrogen-bond acceptors (Lipinski definition) is 3. The van der Waals surface area contributed by atoms with Crippen molar-refractivity contribution in [2.75, 3.05) is 19.0 Å². The van der Waals surface area contributed by atoms with Crippen molar-refractivity contribution in [1.29, 1.82) is 0 Å². The largest absolute Gasteiger partial charge is 0.477 e. The fourth-order valence-electron chi connectivity index (χ4n) is 1.10. The quantitative estimate of drug-likeness (QED) is 0.727. The minimum atomic E-state index is -2.60. The Labute approximate surface area is 86.7 Å². The zero-order valence-corrected chi connectivity index (χ0v) is 8.24. The standard InChI is InChI=1S/C10H12FNO3/c1-15-7-10(11,9(13)14)12-8-5-3-2-4-6-8/h2-6,12H,7H2,1H3,(H,13,14)/t10-/m0/s1. The highest BCUT2D eigenvalue weighted by atomic mass is 19.1. The van der Waals surface area contributed by atoms with E-state index in [4.69, 9.17) is 5.11 Å². The Balaban J connectivity index is 2.80. The van der Waals surface area contributed by atoms with Gasteiger partial charge in [0.25, 0.3) is 0 Å². The van der Waals surface area contributed by atoms with Crippen molar-refractivity contribution in [3.05, 3.63) is 30.3 Å². The molecule has 0 spiro atoms. The molecular weight excluding hydrogens is 201 g/mol. The molecule has 15 heavy (non-hydrogen) atoms. The van der Waals surface area contributed by atoms with Crippen molar-refractivity contribution in [3.63, 3.8) is 0 Å². The fraction of sp³-hybridized carbons (Fsp3) is 0.300. The average Bonchev–Trinajstić information content (AvgIpc) is 2.19. The van der Waals surface area contributed by atoms with Gasteiger partial charge in [0.1, 0.15) is 6.61 Å². The Morgan fingerprint density at radius 2 is 2.13 bits per heavy atom. The van der Waals surface area contributed by atoms with Gasteiger partial charge < -0.3 is 15.2 Å². The summed E-state index contributed by atoms with van der Waals surface area (Å²) in [4.78, 5) is 10.7. The number of anilines is 1. The first-order chi connectivity index (χ1) is 7.08. The van der Waals surface area contributed by atoms with Crippen LogP contribution in [0.5, 0.6) is 0 Å². The van der Waals surface area contributed by atoms with Crippen LogP contribution < -0.4 is 5.32 Å². The van der Waals surface area contributed by atoms with E-state index in [0.29, 0.717) is 5.69 Å². The Bertz CT molecular complexity index is 331. The summed E-state index contributed by atoms with van der Waals surface area (Å²) in [5.41, 5.74) is 0.388. The van der Waals surface area contributed by atoms with Crippen molar-refractivity contribution in [1.82, 2.24) is 0 Å². The summed E-state index contributed by atoms with van der Waals surface area (Å²) in [6.45, 7) is -0.558. The van der Waals surface area contributed by atoms with Crippen LogP contribution >= 0.6 is 0 Å². The van der Waals surface area contributed by atoms with Crippen LogP contribution in [-0.2, 0) is 9.53 Å². The second-order valence-corrected chi connectivity index (χ2v) is 3.03. The zero-order chi connectivity index (χ0) is 11.3. The van der Waals surface area contributed by atoms with Crippen LogP contribution in [0.15, 0.2) is 30.3 Å². The summed E-state index contributed by atoms with van der Waals surface area (Å²) in [5.74, 6) is -4.20. The molecule has 82 valence electrons. The molecule has 1 aromatic carbocycles. The number of hydrogen-bond donors (Lipinski definition) is 2. The minimum absolute atomic E-state index is 0.388. The van der Waals surface area contributed by atoms with Crippen molar-refractivity contribution < 1.29 is 19.0 Å². The third-order valence-corrected chi connectivity index (χ3v) is 1.80. The number of carboxylic acid groups (broad SMARTS) is 1. The van der Waals surface area contributed by atoms with Gasteiger partial charge in [-0.3, -0.25) is 0 Å². The van der Waals surface area contributed by atoms with Crippen LogP contribution in [0.25, 0.3) is 0 Å². The number of nitrogens with one attached hydrogen (secondary N) is 1. The Hall–Kier alpha value is -1.62. The van der Waals surface area contributed by atoms with Crippen molar-refractivity contribution in [2.24, 2.45) is 0 Å². The lowest BCUT2D eigenvalue weighted by Gasteiger charge is -2.22. The first-order valence-corrected chi connectivity index (χ1v) is 4.33. The smallest absolute Gasteiger partial charge is 0.365 e. The molecule has 2 N–H and O–H groups in total. The van der Waals surface area contributed by atoms with E-state index in [1.165, 1.54) is 7.11 Å². The van der Waals surface area contributed by atoms with Gasteiger partial charge in [-0.1, -0.05) is 18.2 Å². The van der Waals surface area contributed by atoms with Crippen molar-refractivity contribution in [2.45, 2.75) is 5.79 Å². The summed E-state index contributed by atoms with van der Waals surface area (Å²) in [7, 11) is 1.24. The second-order valence-electron chi connectivity index (χ2n) is 3.03. The van der Waals surface area contributed by atoms with Gasteiger partial charge in [-0.05, 0) is 12.1 Å². The molecule has 0 aromatic heterocycles.